The molecular formula is C46H30N2OS. The molecule has 0 amide bonds. The van der Waals surface area contributed by atoms with Crippen LogP contribution >= 0.6 is 11.3 Å². The molecule has 0 atom stereocenters. The number of para-hydroxylation sites is 3. The molecule has 10 aromatic rings. The van der Waals surface area contributed by atoms with E-state index in [1.165, 1.54) is 20.2 Å². The summed E-state index contributed by atoms with van der Waals surface area (Å²) >= 11 is 1.84. The largest absolute Gasteiger partial charge is 0.454 e. The summed E-state index contributed by atoms with van der Waals surface area (Å²) < 4.78 is 9.63. The molecule has 0 radical (unpaired) electrons. The van der Waals surface area contributed by atoms with Gasteiger partial charge in [0.2, 0.25) is 0 Å². The minimum Gasteiger partial charge on any atom is -0.454 e. The zero-order chi connectivity index (χ0) is 33.0. The van der Waals surface area contributed by atoms with Crippen LogP contribution in [0.25, 0.3) is 52.9 Å². The van der Waals surface area contributed by atoms with E-state index in [4.69, 9.17) is 4.42 Å². The highest BCUT2D eigenvalue weighted by atomic mass is 32.1. The van der Waals surface area contributed by atoms with Crippen LogP contribution < -0.4 is 9.80 Å². The van der Waals surface area contributed by atoms with Gasteiger partial charge in [-0.05, 0) is 84.2 Å². The molecule has 0 N–H and O–H groups in total. The third-order valence-corrected chi connectivity index (χ3v) is 10.7. The van der Waals surface area contributed by atoms with Crippen molar-refractivity contribution >= 4 is 98.3 Å². The molecule has 0 aliphatic carbocycles. The van der Waals surface area contributed by atoms with Crippen LogP contribution in [-0.2, 0) is 0 Å². The third-order valence-electron chi connectivity index (χ3n) is 9.59. The van der Waals surface area contributed by atoms with E-state index in [0.29, 0.717) is 0 Å². The number of thiophene rings is 1. The van der Waals surface area contributed by atoms with Crippen molar-refractivity contribution in [2.45, 2.75) is 0 Å². The van der Waals surface area contributed by atoms with Crippen molar-refractivity contribution in [1.29, 1.82) is 0 Å². The van der Waals surface area contributed by atoms with Crippen LogP contribution in [-0.4, -0.2) is 0 Å². The molecule has 0 aliphatic rings. The van der Waals surface area contributed by atoms with E-state index in [2.05, 4.69) is 192 Å². The Bertz CT molecular complexity index is 2780. The highest BCUT2D eigenvalue weighted by Gasteiger charge is 2.26. The van der Waals surface area contributed by atoms with Crippen LogP contribution in [0.15, 0.2) is 186 Å². The fourth-order valence-electron chi connectivity index (χ4n) is 7.41. The van der Waals surface area contributed by atoms with Crippen LogP contribution in [0.1, 0.15) is 0 Å². The van der Waals surface area contributed by atoms with Crippen LogP contribution in [0.4, 0.5) is 34.1 Å². The predicted octanol–water partition coefficient (Wildman–Crippen LogP) is 14.0. The predicted molar refractivity (Wildman–Crippen MR) is 213 cm³/mol. The fourth-order valence-corrected chi connectivity index (χ4v) is 8.50. The molecular weight excluding hydrogens is 629 g/mol. The molecule has 0 spiro atoms. The molecule has 0 saturated heterocycles. The van der Waals surface area contributed by atoms with E-state index < -0.39 is 0 Å². The molecule has 0 fully saturated rings. The number of rotatable bonds is 6. The average molecular weight is 659 g/mol. The van der Waals surface area contributed by atoms with E-state index in [1.54, 1.807) is 0 Å². The summed E-state index contributed by atoms with van der Waals surface area (Å²) in [7, 11) is 0. The summed E-state index contributed by atoms with van der Waals surface area (Å²) in [5.74, 6) is 0. The van der Waals surface area contributed by atoms with Gasteiger partial charge in [0.1, 0.15) is 5.58 Å². The molecule has 236 valence electrons. The van der Waals surface area contributed by atoms with Crippen LogP contribution in [0.2, 0.25) is 0 Å². The summed E-state index contributed by atoms with van der Waals surface area (Å²) in [6.07, 6.45) is 0. The monoisotopic (exact) mass is 658 g/mol. The topological polar surface area (TPSA) is 19.6 Å². The van der Waals surface area contributed by atoms with Gasteiger partial charge in [0.25, 0.3) is 0 Å². The third kappa shape index (κ3) is 4.57. The molecule has 0 unspecified atom stereocenters. The van der Waals surface area contributed by atoms with Crippen molar-refractivity contribution in [2.24, 2.45) is 0 Å². The first-order valence-corrected chi connectivity index (χ1v) is 17.7. The zero-order valence-electron chi connectivity index (χ0n) is 27.0. The van der Waals surface area contributed by atoms with E-state index in [9.17, 15) is 0 Å². The standard InChI is InChI=1S/C46H30N2OS/c1-4-16-32(17-5-1)47(33-18-6-2-7-19-33)40-24-14-25-41-44(40)39-29-31-15-10-11-22-36(31)45(46(39)49-41)48(34-20-8-3-9-21-34)35-27-28-43-38(30-35)37-23-12-13-26-42(37)50-43/h1-30H. The molecule has 8 aromatic carbocycles. The molecule has 2 aromatic heterocycles. The van der Waals surface area contributed by atoms with Gasteiger partial charge in [0.15, 0.2) is 5.58 Å². The summed E-state index contributed by atoms with van der Waals surface area (Å²) in [6, 6.07) is 64.7. The number of fused-ring (bicyclic) bond motifs is 7. The molecule has 10 rings (SSSR count). The van der Waals surface area contributed by atoms with Crippen LogP contribution in [0.3, 0.4) is 0 Å². The second-order valence-electron chi connectivity index (χ2n) is 12.5. The minimum absolute atomic E-state index is 0.846. The first kappa shape index (κ1) is 28.6. The molecule has 50 heavy (non-hydrogen) atoms. The number of benzene rings is 8. The van der Waals surface area contributed by atoms with Gasteiger partial charge >= 0.3 is 0 Å². The van der Waals surface area contributed by atoms with Crippen molar-refractivity contribution in [1.82, 2.24) is 0 Å². The number of anilines is 6. The first-order chi connectivity index (χ1) is 24.8. The normalized spacial score (nSPS) is 11.6. The van der Waals surface area contributed by atoms with Crippen LogP contribution in [0, 0.1) is 0 Å². The van der Waals surface area contributed by atoms with Gasteiger partial charge in [-0.25, -0.2) is 0 Å². The van der Waals surface area contributed by atoms with Gasteiger partial charge < -0.3 is 14.2 Å². The summed E-state index contributed by atoms with van der Waals surface area (Å²) in [5.41, 5.74) is 8.12. The van der Waals surface area contributed by atoms with Crippen LogP contribution in [0.5, 0.6) is 0 Å². The number of nitrogens with zero attached hydrogens (tertiary/aromatic N) is 2. The Hall–Kier alpha value is -6.36. The lowest BCUT2D eigenvalue weighted by atomic mass is 10.0. The zero-order valence-corrected chi connectivity index (χ0v) is 27.8. The molecule has 4 heteroatoms. The second kappa shape index (κ2) is 11.7. The average Bonchev–Trinajstić information content (AvgIpc) is 3.75. The highest BCUT2D eigenvalue weighted by Crippen LogP contribution is 2.50. The number of hydrogen-bond acceptors (Lipinski definition) is 4. The van der Waals surface area contributed by atoms with Crippen molar-refractivity contribution in [3.8, 4) is 0 Å². The van der Waals surface area contributed by atoms with E-state index >= 15 is 0 Å². The Morgan fingerprint density at radius 3 is 1.72 bits per heavy atom. The van der Waals surface area contributed by atoms with E-state index in [0.717, 1.165) is 66.8 Å². The smallest absolute Gasteiger partial charge is 0.160 e. The van der Waals surface area contributed by atoms with E-state index in [1.807, 2.05) is 11.3 Å². The second-order valence-corrected chi connectivity index (χ2v) is 13.6. The van der Waals surface area contributed by atoms with Gasteiger partial charge in [0.05, 0.1) is 16.8 Å². The molecule has 3 nitrogen and oxygen atoms in total. The summed E-state index contributed by atoms with van der Waals surface area (Å²) in [5, 5.41) is 6.97. The molecule has 0 bridgehead atoms. The van der Waals surface area contributed by atoms with Crippen molar-refractivity contribution in [2.75, 3.05) is 9.80 Å². The van der Waals surface area contributed by atoms with Gasteiger partial charge in [-0.1, -0.05) is 103 Å². The maximum atomic E-state index is 7.05. The maximum absolute atomic E-state index is 7.05. The lowest BCUT2D eigenvalue weighted by molar-refractivity contribution is 0.669. The van der Waals surface area contributed by atoms with Gasteiger partial charge in [-0.3, -0.25) is 0 Å². The van der Waals surface area contributed by atoms with Crippen molar-refractivity contribution < 1.29 is 4.42 Å². The van der Waals surface area contributed by atoms with Gasteiger partial charge in [-0.2, -0.15) is 0 Å². The van der Waals surface area contributed by atoms with E-state index in [-0.39, 0.29) is 0 Å². The lowest BCUT2D eigenvalue weighted by Gasteiger charge is -2.27. The Kier molecular flexibility index (Phi) is 6.68. The molecule has 2 heterocycles. The summed E-state index contributed by atoms with van der Waals surface area (Å²) in [6.45, 7) is 0. The summed E-state index contributed by atoms with van der Waals surface area (Å²) in [4.78, 5) is 4.71. The number of hydrogen-bond donors (Lipinski definition) is 0. The molecule has 0 saturated carbocycles. The molecule has 0 aliphatic heterocycles. The fraction of sp³-hybridized carbons (Fsp3) is 0. The Morgan fingerprint density at radius 2 is 1.00 bits per heavy atom. The Balaban J connectivity index is 1.30. The quantitative estimate of drug-likeness (QED) is 0.177. The Labute approximate surface area is 293 Å². The first-order valence-electron chi connectivity index (χ1n) is 16.9. The minimum atomic E-state index is 0.846. The van der Waals surface area contributed by atoms with Gasteiger partial charge in [-0.15, -0.1) is 11.3 Å². The Morgan fingerprint density at radius 1 is 0.400 bits per heavy atom. The lowest BCUT2D eigenvalue weighted by Crippen LogP contribution is -2.11. The van der Waals surface area contributed by atoms with Gasteiger partial charge in [0, 0.05) is 53.7 Å². The SMILES string of the molecule is c1ccc(N(c2ccc3sc4ccccc4c3c2)c2c3ccccc3cc3c2oc2cccc(N(c4ccccc4)c4ccccc4)c23)cc1. The highest BCUT2D eigenvalue weighted by molar-refractivity contribution is 7.25. The van der Waals surface area contributed by atoms with Crippen molar-refractivity contribution in [3.05, 3.63) is 182 Å². The van der Waals surface area contributed by atoms with Crippen molar-refractivity contribution in [3.63, 3.8) is 0 Å². The number of furan rings is 1. The maximum Gasteiger partial charge on any atom is 0.160 e.